The van der Waals surface area contributed by atoms with E-state index in [0.717, 1.165) is 24.2 Å². The molecule has 1 N–H and O–H groups in total. The van der Waals surface area contributed by atoms with Crippen LogP contribution in [0.5, 0.6) is 0 Å². The number of ether oxygens (including phenoxy) is 2. The maximum Gasteiger partial charge on any atom is 0.410 e. The molecule has 3 heterocycles. The predicted octanol–water partition coefficient (Wildman–Crippen LogP) is 4.18. The number of likely N-dealkylation sites (N-methyl/N-ethyl adjacent to an activating group) is 1. The predicted molar refractivity (Wildman–Crippen MR) is 139 cm³/mol. The zero-order valence-electron chi connectivity index (χ0n) is 21.6. The number of amides is 1. The summed E-state index contributed by atoms with van der Waals surface area (Å²) in [6.45, 7) is 8.74. The van der Waals surface area contributed by atoms with Crippen LogP contribution in [0.4, 0.5) is 4.79 Å². The van der Waals surface area contributed by atoms with E-state index in [9.17, 15) is 14.7 Å². The van der Waals surface area contributed by atoms with Crippen molar-refractivity contribution in [3.63, 3.8) is 0 Å². The molecule has 1 saturated heterocycles. The first-order valence-corrected chi connectivity index (χ1v) is 13.0. The van der Waals surface area contributed by atoms with Gasteiger partial charge in [0.1, 0.15) is 12.2 Å². The zero-order valence-corrected chi connectivity index (χ0v) is 22.4. The summed E-state index contributed by atoms with van der Waals surface area (Å²) in [6.07, 6.45) is 7.74. The molecule has 2 aliphatic heterocycles. The van der Waals surface area contributed by atoms with Crippen molar-refractivity contribution in [1.82, 2.24) is 14.8 Å². The van der Waals surface area contributed by atoms with Crippen molar-refractivity contribution in [2.24, 2.45) is 11.8 Å². The molecule has 0 spiro atoms. The monoisotopic (exact) mass is 519 g/mol. The van der Waals surface area contributed by atoms with Crippen molar-refractivity contribution in [3.05, 3.63) is 46.8 Å². The molecule has 1 aromatic heterocycles. The third-order valence-corrected chi connectivity index (χ3v) is 7.03. The number of pyridine rings is 1. The third-order valence-electron chi connectivity index (χ3n) is 6.83. The molecule has 0 radical (unpaired) electrons. The van der Waals surface area contributed by atoms with Crippen LogP contribution in [0, 0.1) is 11.8 Å². The summed E-state index contributed by atoms with van der Waals surface area (Å²) in [5.41, 5.74) is 1.61. The number of esters is 1. The van der Waals surface area contributed by atoms with Gasteiger partial charge in [-0.3, -0.25) is 9.78 Å². The lowest BCUT2D eigenvalue weighted by Gasteiger charge is -2.33. The van der Waals surface area contributed by atoms with Gasteiger partial charge in [-0.25, -0.2) is 4.79 Å². The Kier molecular flexibility index (Phi) is 10.3. The molecular formula is C27H38ClN3O5. The second-order valence-electron chi connectivity index (χ2n) is 10.0. The molecular weight excluding hydrogens is 482 g/mol. The molecule has 5 atom stereocenters. The van der Waals surface area contributed by atoms with Gasteiger partial charge >= 0.3 is 12.1 Å². The molecule has 2 aliphatic rings. The largest absolute Gasteiger partial charge is 0.457 e. The van der Waals surface area contributed by atoms with E-state index >= 15 is 0 Å². The molecule has 8 nitrogen and oxygen atoms in total. The Balaban J connectivity index is 1.82. The third kappa shape index (κ3) is 8.32. The molecule has 0 aromatic carbocycles. The van der Waals surface area contributed by atoms with E-state index in [-0.39, 0.29) is 24.3 Å². The fraction of sp³-hybridized carbons (Fsp3) is 0.593. The van der Waals surface area contributed by atoms with Crippen molar-refractivity contribution < 1.29 is 24.2 Å². The Hall–Kier alpha value is -2.42. The van der Waals surface area contributed by atoms with Crippen LogP contribution in [0.15, 0.2) is 36.2 Å². The van der Waals surface area contributed by atoms with Gasteiger partial charge in [-0.15, -0.1) is 0 Å². The minimum absolute atomic E-state index is 0.0254. The van der Waals surface area contributed by atoms with Gasteiger partial charge in [-0.05, 0) is 56.0 Å². The van der Waals surface area contributed by atoms with E-state index in [1.54, 1.807) is 23.4 Å². The average Bonchev–Trinajstić information content (AvgIpc) is 2.83. The molecule has 1 amide bonds. The molecule has 1 aromatic rings. The van der Waals surface area contributed by atoms with Gasteiger partial charge in [0.2, 0.25) is 0 Å². The van der Waals surface area contributed by atoms with Crippen LogP contribution in [0.3, 0.4) is 0 Å². The van der Waals surface area contributed by atoms with Gasteiger partial charge < -0.3 is 24.4 Å². The number of halogens is 1. The average molecular weight is 520 g/mol. The number of cyclic esters (lactones) is 1. The number of aliphatic hydroxyl groups is 1. The van der Waals surface area contributed by atoms with Crippen molar-refractivity contribution in [1.29, 1.82) is 0 Å². The van der Waals surface area contributed by atoms with Crippen molar-refractivity contribution in [2.75, 3.05) is 33.2 Å². The summed E-state index contributed by atoms with van der Waals surface area (Å²) >= 11 is 6.07. The molecule has 36 heavy (non-hydrogen) atoms. The summed E-state index contributed by atoms with van der Waals surface area (Å²) in [5.74, 6) is -0.676. The fourth-order valence-corrected chi connectivity index (χ4v) is 4.66. The molecule has 0 unspecified atom stereocenters. The molecule has 1 fully saturated rings. The lowest BCUT2D eigenvalue weighted by Crippen LogP contribution is -2.48. The van der Waals surface area contributed by atoms with Crippen LogP contribution in [0.25, 0.3) is 6.08 Å². The summed E-state index contributed by atoms with van der Waals surface area (Å²) < 4.78 is 11.8. The van der Waals surface area contributed by atoms with Gasteiger partial charge in [-0.1, -0.05) is 37.6 Å². The lowest BCUT2D eigenvalue weighted by atomic mass is 9.91. The van der Waals surface area contributed by atoms with Gasteiger partial charge in [0.05, 0.1) is 17.5 Å². The molecule has 198 valence electrons. The number of carbonyl (C=O) groups is 2. The molecule has 3 rings (SSSR count). The van der Waals surface area contributed by atoms with E-state index in [0.29, 0.717) is 31.0 Å². The topological polar surface area (TPSA) is 92.2 Å². The van der Waals surface area contributed by atoms with Crippen molar-refractivity contribution >= 4 is 29.7 Å². The van der Waals surface area contributed by atoms with Crippen LogP contribution >= 0.6 is 11.6 Å². The standard InChI is InChI=1S/C27H38ClN3O5/c1-18-5-7-23(32)15-25(33)36-26(20(3)13-21-14-22(28)17-29-16-21)19(2)6-8-24(18)35-27(34)31-11-9-30(4)10-12-31/h6,8,13-14,16-19,23-24,26,32H,5,7,9-12,15H2,1-4H3/b8-6?,20-13+/t18-,19-,23+,24-,26-/m0/s1. The molecule has 0 bridgehead atoms. The smallest absolute Gasteiger partial charge is 0.410 e. The number of hydrogen-bond acceptors (Lipinski definition) is 7. The van der Waals surface area contributed by atoms with Crippen LogP contribution in [-0.4, -0.2) is 83.5 Å². The number of piperazine rings is 1. The highest BCUT2D eigenvalue weighted by molar-refractivity contribution is 6.30. The minimum Gasteiger partial charge on any atom is -0.457 e. The van der Waals surface area contributed by atoms with E-state index in [2.05, 4.69) is 9.88 Å². The van der Waals surface area contributed by atoms with E-state index in [4.69, 9.17) is 21.1 Å². The number of carbonyl (C=O) groups excluding carboxylic acids is 2. The normalized spacial score (nSPS) is 29.2. The summed E-state index contributed by atoms with van der Waals surface area (Å²) in [4.78, 5) is 33.5. The maximum absolute atomic E-state index is 12.9. The second kappa shape index (κ2) is 13.2. The second-order valence-corrected chi connectivity index (χ2v) is 10.5. The SMILES string of the molecule is C/C(=C\c1cncc(Cl)c1)[C@H]1OC(=O)C[C@H](O)CC[C@H](C)[C@@H](OC(=O)N2CCN(C)CC2)C=C[C@@H]1C. The minimum atomic E-state index is -0.824. The number of nitrogens with zero attached hydrogens (tertiary/aromatic N) is 3. The highest BCUT2D eigenvalue weighted by Gasteiger charge is 2.29. The van der Waals surface area contributed by atoms with Crippen LogP contribution < -0.4 is 0 Å². The Morgan fingerprint density at radius 2 is 1.92 bits per heavy atom. The molecule has 0 saturated carbocycles. The quantitative estimate of drug-likeness (QED) is 0.473. The lowest BCUT2D eigenvalue weighted by molar-refractivity contribution is -0.151. The van der Waals surface area contributed by atoms with Gasteiger partial charge in [-0.2, -0.15) is 0 Å². The highest BCUT2D eigenvalue weighted by Crippen LogP contribution is 2.26. The van der Waals surface area contributed by atoms with Gasteiger partial charge in [0.15, 0.2) is 0 Å². The van der Waals surface area contributed by atoms with E-state index < -0.39 is 24.3 Å². The van der Waals surface area contributed by atoms with Crippen LogP contribution in [0.2, 0.25) is 5.02 Å². The zero-order chi connectivity index (χ0) is 26.2. The summed E-state index contributed by atoms with van der Waals surface area (Å²) in [6, 6.07) is 1.79. The van der Waals surface area contributed by atoms with Gasteiger partial charge in [0, 0.05) is 44.5 Å². The number of aliphatic hydroxyl groups excluding tert-OH is 1. The first-order valence-electron chi connectivity index (χ1n) is 12.6. The number of aromatic nitrogens is 1. The van der Waals surface area contributed by atoms with E-state index in [1.165, 1.54) is 0 Å². The number of rotatable bonds is 3. The maximum atomic E-state index is 12.9. The number of hydrogen-bond donors (Lipinski definition) is 1. The van der Waals surface area contributed by atoms with Crippen molar-refractivity contribution in [2.45, 2.75) is 58.3 Å². The molecule has 9 heteroatoms. The molecule has 0 aliphatic carbocycles. The summed E-state index contributed by atoms with van der Waals surface area (Å²) in [5, 5.41) is 11.0. The first kappa shape index (κ1) is 28.2. The Labute approximate surface area is 218 Å². The first-order chi connectivity index (χ1) is 17.1. The summed E-state index contributed by atoms with van der Waals surface area (Å²) in [7, 11) is 2.04. The Morgan fingerprint density at radius 3 is 2.61 bits per heavy atom. The van der Waals surface area contributed by atoms with Crippen molar-refractivity contribution in [3.8, 4) is 0 Å². The Morgan fingerprint density at radius 1 is 1.19 bits per heavy atom. The van der Waals surface area contributed by atoms with E-state index in [1.807, 2.05) is 46.0 Å². The van der Waals surface area contributed by atoms with Gasteiger partial charge in [0.25, 0.3) is 0 Å². The fourth-order valence-electron chi connectivity index (χ4n) is 4.48. The van der Waals surface area contributed by atoms with Crippen LogP contribution in [-0.2, 0) is 14.3 Å². The van der Waals surface area contributed by atoms with Crippen LogP contribution in [0.1, 0.15) is 45.6 Å². The highest BCUT2D eigenvalue weighted by atomic mass is 35.5. The Bertz CT molecular complexity index is 960.